The van der Waals surface area contributed by atoms with Gasteiger partial charge in [-0.05, 0) is 37.7 Å². The van der Waals surface area contributed by atoms with E-state index in [4.69, 9.17) is 11.5 Å². The van der Waals surface area contributed by atoms with Crippen molar-refractivity contribution in [2.45, 2.75) is 96.6 Å². The molecular formula is C24H46N5O+. The molecule has 30 heavy (non-hydrogen) atoms. The summed E-state index contributed by atoms with van der Waals surface area (Å²) in [6.45, 7) is 8.38. The van der Waals surface area contributed by atoms with Crippen molar-refractivity contribution in [3.8, 4) is 0 Å². The average Bonchev–Trinajstić information content (AvgIpc) is 3.04. The van der Waals surface area contributed by atoms with Crippen LogP contribution in [0.1, 0.15) is 90.9 Å². The van der Waals surface area contributed by atoms with Crippen LogP contribution in [0.5, 0.6) is 0 Å². The molecule has 0 saturated heterocycles. The number of fused-ring (bicyclic) bond motifs is 1. The minimum atomic E-state index is -0.779. The van der Waals surface area contributed by atoms with Gasteiger partial charge in [0.2, 0.25) is 5.72 Å². The fraction of sp³-hybridized carbons (Fsp3) is 0.833. The van der Waals surface area contributed by atoms with Crippen LogP contribution in [0.25, 0.3) is 0 Å². The van der Waals surface area contributed by atoms with Crippen molar-refractivity contribution in [3.05, 3.63) is 12.2 Å². The smallest absolute Gasteiger partial charge is 0.274 e. The van der Waals surface area contributed by atoms with E-state index in [0.29, 0.717) is 6.54 Å². The first kappa shape index (κ1) is 24.7. The normalized spacial score (nSPS) is 20.9. The predicted molar refractivity (Wildman–Crippen MR) is 127 cm³/mol. The van der Waals surface area contributed by atoms with E-state index in [-0.39, 0.29) is 5.96 Å². The zero-order chi connectivity index (χ0) is 21.8. The van der Waals surface area contributed by atoms with Crippen molar-refractivity contribution < 1.29 is 9.68 Å². The van der Waals surface area contributed by atoms with Gasteiger partial charge < -0.3 is 16.6 Å². The Balaban J connectivity index is 1.69. The molecule has 0 radical (unpaired) electrons. The van der Waals surface area contributed by atoms with Gasteiger partial charge in [0, 0.05) is 25.5 Å². The van der Waals surface area contributed by atoms with Crippen LogP contribution in [0.2, 0.25) is 0 Å². The second-order valence-corrected chi connectivity index (χ2v) is 9.48. The van der Waals surface area contributed by atoms with Gasteiger partial charge in [-0.25, -0.2) is 4.90 Å². The van der Waals surface area contributed by atoms with Gasteiger partial charge in [-0.2, -0.15) is 0 Å². The topological polar surface area (TPSA) is 90.9 Å². The number of guanidine groups is 1. The van der Waals surface area contributed by atoms with Crippen LogP contribution in [0.3, 0.4) is 0 Å². The molecule has 0 fully saturated rings. The summed E-state index contributed by atoms with van der Waals surface area (Å²) >= 11 is 0. The number of rotatable bonds is 15. The van der Waals surface area contributed by atoms with E-state index in [0.717, 1.165) is 64.1 Å². The number of nitrogens with two attached hydrogens (primary N) is 2. The van der Waals surface area contributed by atoms with Gasteiger partial charge in [0.25, 0.3) is 5.84 Å². The monoisotopic (exact) mass is 420 g/mol. The van der Waals surface area contributed by atoms with Crippen molar-refractivity contribution in [2.24, 2.45) is 22.4 Å². The molecule has 0 saturated carbocycles. The van der Waals surface area contributed by atoms with E-state index in [9.17, 15) is 5.11 Å². The maximum atomic E-state index is 11.3. The molecule has 6 nitrogen and oxygen atoms in total. The maximum Gasteiger partial charge on any atom is 0.274 e. The van der Waals surface area contributed by atoms with Crippen LogP contribution in [0, 0.1) is 5.92 Å². The van der Waals surface area contributed by atoms with Gasteiger partial charge in [-0.3, -0.25) is 9.57 Å². The van der Waals surface area contributed by atoms with Crippen LogP contribution in [0.4, 0.5) is 0 Å². The molecule has 2 rings (SSSR count). The van der Waals surface area contributed by atoms with Gasteiger partial charge in [-0.1, -0.05) is 52.4 Å². The maximum absolute atomic E-state index is 11.3. The molecule has 2 aliphatic rings. The first-order valence-corrected chi connectivity index (χ1v) is 12.3. The SMILES string of the molecule is CC(C)CCCCCCCCC1(O)C=CC2=[N+](CCCCCN=C(N)N)CCCN21. The van der Waals surface area contributed by atoms with Crippen molar-refractivity contribution in [2.75, 3.05) is 26.2 Å². The molecule has 172 valence electrons. The summed E-state index contributed by atoms with van der Waals surface area (Å²) in [5, 5.41) is 11.3. The van der Waals surface area contributed by atoms with Gasteiger partial charge >= 0.3 is 0 Å². The molecule has 0 spiro atoms. The van der Waals surface area contributed by atoms with Gasteiger partial charge in [0.1, 0.15) is 0 Å². The van der Waals surface area contributed by atoms with E-state index in [1.807, 2.05) is 6.08 Å². The van der Waals surface area contributed by atoms with Gasteiger partial charge in [0.05, 0.1) is 19.6 Å². The average molecular weight is 421 g/mol. The Labute approximate surface area is 184 Å². The van der Waals surface area contributed by atoms with E-state index < -0.39 is 5.72 Å². The molecule has 0 bridgehead atoms. The molecule has 0 aromatic carbocycles. The first-order valence-electron chi connectivity index (χ1n) is 12.3. The molecule has 1 atom stereocenters. The highest BCUT2D eigenvalue weighted by molar-refractivity contribution is 5.92. The molecule has 2 heterocycles. The molecule has 1 unspecified atom stereocenters. The zero-order valence-electron chi connectivity index (χ0n) is 19.5. The third kappa shape index (κ3) is 8.29. The Kier molecular flexibility index (Phi) is 10.7. The van der Waals surface area contributed by atoms with Gasteiger partial charge in [-0.15, -0.1) is 0 Å². The minimum absolute atomic E-state index is 0.179. The number of hydrogen-bond donors (Lipinski definition) is 3. The van der Waals surface area contributed by atoms with Crippen LogP contribution in [-0.4, -0.2) is 58.3 Å². The standard InChI is InChI=1S/C24H46N5O/c1-21(2)13-8-5-3-4-6-9-15-24(30)16-14-22-28(19-12-20-29(22)24)18-11-7-10-17-27-23(25)26/h14,16,21,30H,3-13,15,17-20H2,1-2H3,(H4,25,26,27)/q+1. The van der Waals surface area contributed by atoms with Crippen molar-refractivity contribution in [1.82, 2.24) is 4.90 Å². The summed E-state index contributed by atoms with van der Waals surface area (Å²) in [7, 11) is 0. The lowest BCUT2D eigenvalue weighted by atomic mass is 10.0. The largest absolute Gasteiger partial charge is 0.370 e. The van der Waals surface area contributed by atoms with E-state index in [1.54, 1.807) is 0 Å². The van der Waals surface area contributed by atoms with E-state index in [2.05, 4.69) is 34.4 Å². The van der Waals surface area contributed by atoms with Crippen molar-refractivity contribution in [1.29, 1.82) is 0 Å². The number of unbranched alkanes of at least 4 members (excludes halogenated alkanes) is 7. The third-order valence-corrected chi connectivity index (χ3v) is 6.33. The highest BCUT2D eigenvalue weighted by Gasteiger charge is 2.46. The molecule has 0 aliphatic carbocycles. The lowest BCUT2D eigenvalue weighted by Crippen LogP contribution is -2.52. The van der Waals surface area contributed by atoms with E-state index in [1.165, 1.54) is 44.4 Å². The number of nitrogens with zero attached hydrogens (tertiary/aromatic N) is 3. The van der Waals surface area contributed by atoms with Gasteiger partial charge in [0.15, 0.2) is 5.96 Å². The summed E-state index contributed by atoms with van der Waals surface area (Å²) < 4.78 is 2.44. The highest BCUT2D eigenvalue weighted by atomic mass is 16.3. The van der Waals surface area contributed by atoms with Crippen LogP contribution < -0.4 is 11.5 Å². The zero-order valence-corrected chi connectivity index (χ0v) is 19.5. The molecular weight excluding hydrogens is 374 g/mol. The quantitative estimate of drug-likeness (QED) is 0.163. The molecule has 0 aromatic rings. The number of aliphatic imine (C=N–C) groups is 1. The fourth-order valence-electron chi connectivity index (χ4n) is 4.59. The highest BCUT2D eigenvalue weighted by Crippen LogP contribution is 2.30. The Morgan fingerprint density at radius 2 is 1.80 bits per heavy atom. The fourth-order valence-corrected chi connectivity index (χ4v) is 4.59. The third-order valence-electron chi connectivity index (χ3n) is 6.33. The molecule has 0 amide bonds. The Morgan fingerprint density at radius 3 is 2.53 bits per heavy atom. The number of amidine groups is 1. The first-order chi connectivity index (χ1) is 14.4. The van der Waals surface area contributed by atoms with E-state index >= 15 is 0 Å². The summed E-state index contributed by atoms with van der Waals surface area (Å²) in [6, 6.07) is 0. The van der Waals surface area contributed by atoms with Crippen LogP contribution in [0.15, 0.2) is 17.1 Å². The Bertz CT molecular complexity index is 594. The predicted octanol–water partition coefficient (Wildman–Crippen LogP) is 3.58. The summed E-state index contributed by atoms with van der Waals surface area (Å²) in [5.74, 6) is 2.22. The number of hydrogen-bond acceptors (Lipinski definition) is 3. The lowest BCUT2D eigenvalue weighted by molar-refractivity contribution is -0.539. The molecule has 2 aliphatic heterocycles. The Hall–Kier alpha value is -1.56. The molecule has 6 heteroatoms. The van der Waals surface area contributed by atoms with Crippen LogP contribution in [-0.2, 0) is 0 Å². The van der Waals surface area contributed by atoms with Crippen LogP contribution >= 0.6 is 0 Å². The summed E-state index contributed by atoms with van der Waals surface area (Å²) in [4.78, 5) is 6.28. The van der Waals surface area contributed by atoms with Crippen molar-refractivity contribution in [3.63, 3.8) is 0 Å². The summed E-state index contributed by atoms with van der Waals surface area (Å²) in [6.07, 6.45) is 18.4. The minimum Gasteiger partial charge on any atom is -0.370 e. The second kappa shape index (κ2) is 13.0. The number of aliphatic hydroxyl groups is 1. The Morgan fingerprint density at radius 1 is 1.10 bits per heavy atom. The molecule has 0 aromatic heterocycles. The molecule has 5 N–H and O–H groups in total. The second-order valence-electron chi connectivity index (χ2n) is 9.48. The lowest BCUT2D eigenvalue weighted by Gasteiger charge is -2.32. The van der Waals surface area contributed by atoms with Crippen molar-refractivity contribution >= 4 is 11.8 Å². The summed E-state index contributed by atoms with van der Waals surface area (Å²) in [5.41, 5.74) is 9.96.